The number of hydrogen-bond acceptors (Lipinski definition) is 3. The zero-order valence-electron chi connectivity index (χ0n) is 9.24. The Labute approximate surface area is 108 Å². The van der Waals surface area contributed by atoms with Crippen LogP contribution in [-0.4, -0.2) is 5.16 Å². The van der Waals surface area contributed by atoms with E-state index < -0.39 is 0 Å². The molecule has 0 atom stereocenters. The summed E-state index contributed by atoms with van der Waals surface area (Å²) in [5.41, 5.74) is 1.39. The average molecular weight is 272 g/mol. The smallest absolute Gasteiger partial charge is 0.146 e. The van der Waals surface area contributed by atoms with E-state index in [1.54, 1.807) is 23.9 Å². The first-order valence-electron chi connectivity index (χ1n) is 5.09. The maximum atomic E-state index is 13.4. The van der Waals surface area contributed by atoms with Gasteiger partial charge in [-0.05, 0) is 19.1 Å². The Bertz CT molecular complexity index is 495. The number of halogens is 2. The van der Waals surface area contributed by atoms with Crippen LogP contribution in [0.5, 0.6) is 0 Å². The van der Waals surface area contributed by atoms with Gasteiger partial charge in [0.05, 0.1) is 11.4 Å². The fraction of sp³-hybridized carbons (Fsp3) is 0.250. The summed E-state index contributed by atoms with van der Waals surface area (Å²) >= 11 is 7.47. The van der Waals surface area contributed by atoms with Crippen LogP contribution < -0.4 is 0 Å². The molecule has 0 aliphatic rings. The molecule has 1 aromatic heterocycles. The zero-order chi connectivity index (χ0) is 12.3. The van der Waals surface area contributed by atoms with E-state index in [0.29, 0.717) is 22.1 Å². The number of aromatic nitrogens is 1. The Morgan fingerprint density at radius 1 is 1.41 bits per heavy atom. The van der Waals surface area contributed by atoms with Gasteiger partial charge in [0, 0.05) is 22.4 Å². The van der Waals surface area contributed by atoms with Gasteiger partial charge < -0.3 is 4.52 Å². The van der Waals surface area contributed by atoms with E-state index in [1.807, 2.05) is 13.0 Å². The van der Waals surface area contributed by atoms with Crippen LogP contribution in [0, 0.1) is 12.7 Å². The fourth-order valence-corrected chi connectivity index (χ4v) is 2.65. The minimum atomic E-state index is -0.265. The third kappa shape index (κ3) is 3.23. The highest BCUT2D eigenvalue weighted by molar-refractivity contribution is 7.97. The standard InChI is InChI=1S/C12H11ClFNOS/c1-8-5-9(16-15-8)6-17-7-10-11(13)3-2-4-12(10)14/h2-5H,6-7H2,1H3. The molecule has 0 aliphatic carbocycles. The van der Waals surface area contributed by atoms with Crippen molar-refractivity contribution in [1.82, 2.24) is 5.16 Å². The Kier molecular flexibility index (Phi) is 4.07. The monoisotopic (exact) mass is 271 g/mol. The topological polar surface area (TPSA) is 26.0 Å². The molecule has 2 aromatic rings. The van der Waals surface area contributed by atoms with Gasteiger partial charge in [0.2, 0.25) is 0 Å². The molecule has 1 heterocycles. The lowest BCUT2D eigenvalue weighted by Gasteiger charge is -2.04. The number of benzene rings is 1. The van der Waals surface area contributed by atoms with Gasteiger partial charge in [0.15, 0.2) is 0 Å². The first kappa shape index (κ1) is 12.5. The summed E-state index contributed by atoms with van der Waals surface area (Å²) < 4.78 is 18.5. The molecule has 5 heteroatoms. The van der Waals surface area contributed by atoms with Gasteiger partial charge in [-0.1, -0.05) is 22.8 Å². The Balaban J connectivity index is 1.94. The zero-order valence-corrected chi connectivity index (χ0v) is 10.8. The van der Waals surface area contributed by atoms with Crippen molar-refractivity contribution in [1.29, 1.82) is 0 Å². The van der Waals surface area contributed by atoms with Crippen molar-refractivity contribution < 1.29 is 8.91 Å². The summed E-state index contributed by atoms with van der Waals surface area (Å²) in [6, 6.07) is 6.58. The van der Waals surface area contributed by atoms with Gasteiger partial charge in [-0.15, -0.1) is 11.8 Å². The number of nitrogens with zero attached hydrogens (tertiary/aromatic N) is 1. The van der Waals surface area contributed by atoms with Crippen molar-refractivity contribution in [2.24, 2.45) is 0 Å². The molecule has 0 unspecified atom stereocenters. The van der Waals surface area contributed by atoms with Gasteiger partial charge in [-0.25, -0.2) is 4.39 Å². The van der Waals surface area contributed by atoms with Crippen LogP contribution in [0.15, 0.2) is 28.8 Å². The van der Waals surface area contributed by atoms with Crippen molar-refractivity contribution >= 4 is 23.4 Å². The number of aryl methyl sites for hydroxylation is 1. The molecule has 0 aliphatic heterocycles. The molecule has 0 saturated carbocycles. The highest BCUT2D eigenvalue weighted by Gasteiger charge is 2.08. The number of thioether (sulfide) groups is 1. The maximum Gasteiger partial charge on any atom is 0.146 e. The largest absolute Gasteiger partial charge is 0.360 e. The van der Waals surface area contributed by atoms with Gasteiger partial charge in [-0.3, -0.25) is 0 Å². The Hall–Kier alpha value is -1.00. The fourth-order valence-electron chi connectivity index (χ4n) is 1.41. The van der Waals surface area contributed by atoms with Crippen LogP contribution in [0.25, 0.3) is 0 Å². The third-order valence-corrected chi connectivity index (χ3v) is 3.56. The van der Waals surface area contributed by atoms with E-state index in [2.05, 4.69) is 5.16 Å². The lowest BCUT2D eigenvalue weighted by Crippen LogP contribution is -1.89. The molecule has 0 amide bonds. The minimum Gasteiger partial charge on any atom is -0.360 e. The molecule has 0 bridgehead atoms. The van der Waals surface area contributed by atoms with Crippen LogP contribution in [-0.2, 0) is 11.5 Å². The molecular weight excluding hydrogens is 261 g/mol. The Morgan fingerprint density at radius 3 is 2.88 bits per heavy atom. The van der Waals surface area contributed by atoms with E-state index in [9.17, 15) is 4.39 Å². The van der Waals surface area contributed by atoms with E-state index in [0.717, 1.165) is 11.5 Å². The van der Waals surface area contributed by atoms with Crippen molar-refractivity contribution in [2.75, 3.05) is 0 Å². The molecule has 2 nitrogen and oxygen atoms in total. The van der Waals surface area contributed by atoms with E-state index >= 15 is 0 Å². The number of rotatable bonds is 4. The minimum absolute atomic E-state index is 0.265. The summed E-state index contributed by atoms with van der Waals surface area (Å²) in [5.74, 6) is 1.70. The highest BCUT2D eigenvalue weighted by Crippen LogP contribution is 2.25. The lowest BCUT2D eigenvalue weighted by atomic mass is 10.2. The third-order valence-electron chi connectivity index (χ3n) is 2.23. The van der Waals surface area contributed by atoms with Gasteiger partial charge >= 0.3 is 0 Å². The van der Waals surface area contributed by atoms with E-state index in [-0.39, 0.29) is 5.82 Å². The second-order valence-corrected chi connectivity index (χ2v) is 5.02. The van der Waals surface area contributed by atoms with Gasteiger partial charge in [0.25, 0.3) is 0 Å². The van der Waals surface area contributed by atoms with Crippen LogP contribution >= 0.6 is 23.4 Å². The van der Waals surface area contributed by atoms with Crippen molar-refractivity contribution in [3.63, 3.8) is 0 Å². The summed E-state index contributed by atoms with van der Waals surface area (Å²) in [7, 11) is 0. The normalized spacial score (nSPS) is 10.8. The predicted octanol–water partition coefficient (Wildman–Crippen LogP) is 4.21. The molecular formula is C12H11ClFNOS. The second-order valence-electron chi connectivity index (χ2n) is 3.63. The maximum absolute atomic E-state index is 13.4. The summed E-state index contributed by atoms with van der Waals surface area (Å²) in [5, 5.41) is 4.25. The van der Waals surface area contributed by atoms with Gasteiger partial charge in [-0.2, -0.15) is 0 Å². The SMILES string of the molecule is Cc1cc(CSCc2c(F)cccc2Cl)on1. The molecule has 1 aromatic carbocycles. The van der Waals surface area contributed by atoms with Crippen molar-refractivity contribution in [3.05, 3.63) is 52.1 Å². The van der Waals surface area contributed by atoms with E-state index in [4.69, 9.17) is 16.1 Å². The Morgan fingerprint density at radius 2 is 2.24 bits per heavy atom. The first-order chi connectivity index (χ1) is 8.16. The molecule has 0 radical (unpaired) electrons. The molecule has 17 heavy (non-hydrogen) atoms. The van der Waals surface area contributed by atoms with E-state index in [1.165, 1.54) is 6.07 Å². The summed E-state index contributed by atoms with van der Waals surface area (Å²) in [6.45, 7) is 1.87. The van der Waals surface area contributed by atoms with Crippen LogP contribution in [0.4, 0.5) is 4.39 Å². The molecule has 0 N–H and O–H groups in total. The quantitative estimate of drug-likeness (QED) is 0.833. The molecule has 0 fully saturated rings. The van der Waals surface area contributed by atoms with Crippen LogP contribution in [0.2, 0.25) is 5.02 Å². The highest BCUT2D eigenvalue weighted by atomic mass is 35.5. The number of hydrogen-bond donors (Lipinski definition) is 0. The van der Waals surface area contributed by atoms with Gasteiger partial charge in [0.1, 0.15) is 11.6 Å². The van der Waals surface area contributed by atoms with Crippen LogP contribution in [0.3, 0.4) is 0 Å². The molecule has 0 spiro atoms. The second kappa shape index (κ2) is 5.56. The first-order valence-corrected chi connectivity index (χ1v) is 6.63. The summed E-state index contributed by atoms with van der Waals surface area (Å²) in [6.07, 6.45) is 0. The average Bonchev–Trinajstić information content (AvgIpc) is 2.69. The molecule has 0 saturated heterocycles. The molecule has 90 valence electrons. The predicted molar refractivity (Wildman–Crippen MR) is 67.6 cm³/mol. The van der Waals surface area contributed by atoms with Crippen LogP contribution in [0.1, 0.15) is 17.0 Å². The molecule has 2 rings (SSSR count). The summed E-state index contributed by atoms with van der Waals surface area (Å²) in [4.78, 5) is 0. The van der Waals surface area contributed by atoms with Crippen molar-refractivity contribution in [3.8, 4) is 0 Å². The van der Waals surface area contributed by atoms with Crippen molar-refractivity contribution in [2.45, 2.75) is 18.4 Å². The lowest BCUT2D eigenvalue weighted by molar-refractivity contribution is 0.391.